The predicted octanol–water partition coefficient (Wildman–Crippen LogP) is 1.83. The van der Waals surface area contributed by atoms with Gasteiger partial charge in [-0.15, -0.1) is 6.42 Å². The van der Waals surface area contributed by atoms with Gasteiger partial charge in [0.1, 0.15) is 0 Å². The third-order valence-corrected chi connectivity index (χ3v) is 2.50. The molecule has 4 nitrogen and oxygen atoms in total. The van der Waals surface area contributed by atoms with E-state index in [1.165, 1.54) is 6.20 Å². The summed E-state index contributed by atoms with van der Waals surface area (Å²) in [6.45, 7) is 0. The number of nitrogens with one attached hydrogen (secondary N) is 1. The lowest BCUT2D eigenvalue weighted by molar-refractivity contribution is -0.115. The van der Waals surface area contributed by atoms with E-state index in [0.717, 1.165) is 5.56 Å². The van der Waals surface area contributed by atoms with Crippen molar-refractivity contribution in [3.05, 3.63) is 53.9 Å². The van der Waals surface area contributed by atoms with Crippen LogP contribution in [0.3, 0.4) is 0 Å². The van der Waals surface area contributed by atoms with Crippen molar-refractivity contribution in [2.24, 2.45) is 0 Å². The van der Waals surface area contributed by atoms with Crippen molar-refractivity contribution in [1.82, 2.24) is 4.98 Å². The third kappa shape index (κ3) is 3.58. The van der Waals surface area contributed by atoms with Crippen LogP contribution in [-0.4, -0.2) is 10.9 Å². The molecule has 0 spiro atoms. The van der Waals surface area contributed by atoms with E-state index >= 15 is 0 Å². The number of amides is 1. The molecular weight excluding hydrogens is 238 g/mol. The molecule has 0 unspecified atom stereocenters. The van der Waals surface area contributed by atoms with Crippen molar-refractivity contribution in [2.45, 2.75) is 6.42 Å². The van der Waals surface area contributed by atoms with Crippen molar-refractivity contribution in [2.75, 3.05) is 11.1 Å². The number of aromatic nitrogens is 1. The summed E-state index contributed by atoms with van der Waals surface area (Å²) < 4.78 is 0. The number of terminal acetylenes is 1. The molecule has 94 valence electrons. The fourth-order valence-corrected chi connectivity index (χ4v) is 1.60. The Kier molecular flexibility index (Phi) is 3.79. The Morgan fingerprint density at radius 1 is 1.37 bits per heavy atom. The fraction of sp³-hybridized carbons (Fsp3) is 0.0667. The molecular formula is C15H13N3O. The molecule has 19 heavy (non-hydrogen) atoms. The molecule has 0 aliphatic rings. The van der Waals surface area contributed by atoms with Gasteiger partial charge in [-0.1, -0.05) is 12.0 Å². The molecule has 2 rings (SSSR count). The molecule has 1 aromatic carbocycles. The quantitative estimate of drug-likeness (QED) is 0.818. The van der Waals surface area contributed by atoms with Gasteiger partial charge in [-0.25, -0.2) is 0 Å². The largest absolute Gasteiger partial charge is 0.397 e. The summed E-state index contributed by atoms with van der Waals surface area (Å²) in [5.41, 5.74) is 8.17. The van der Waals surface area contributed by atoms with Gasteiger partial charge in [0, 0.05) is 16.9 Å². The predicted molar refractivity (Wildman–Crippen MR) is 75.4 cm³/mol. The first-order valence-electron chi connectivity index (χ1n) is 5.74. The first-order chi connectivity index (χ1) is 9.17. The summed E-state index contributed by atoms with van der Waals surface area (Å²) in [5.74, 6) is 2.37. The lowest BCUT2D eigenvalue weighted by Gasteiger charge is -2.05. The number of hydrogen-bond acceptors (Lipinski definition) is 3. The lowest BCUT2D eigenvalue weighted by Crippen LogP contribution is -2.15. The van der Waals surface area contributed by atoms with Gasteiger partial charge >= 0.3 is 0 Å². The van der Waals surface area contributed by atoms with Crippen LogP contribution in [-0.2, 0) is 11.2 Å². The van der Waals surface area contributed by atoms with Gasteiger partial charge < -0.3 is 11.1 Å². The second-order valence-electron chi connectivity index (χ2n) is 4.03. The van der Waals surface area contributed by atoms with Crippen LogP contribution >= 0.6 is 0 Å². The summed E-state index contributed by atoms with van der Waals surface area (Å²) in [7, 11) is 0. The summed E-state index contributed by atoms with van der Waals surface area (Å²) in [6, 6.07) is 10.6. The molecule has 2 aromatic rings. The molecule has 0 bridgehead atoms. The number of nitrogens with zero attached hydrogens (tertiary/aromatic N) is 1. The number of benzene rings is 1. The van der Waals surface area contributed by atoms with Gasteiger partial charge in [-0.3, -0.25) is 9.78 Å². The van der Waals surface area contributed by atoms with Crippen LogP contribution in [0.1, 0.15) is 11.3 Å². The number of carbonyl (C=O) groups is 1. The zero-order valence-corrected chi connectivity index (χ0v) is 10.3. The van der Waals surface area contributed by atoms with Gasteiger partial charge in [-0.2, -0.15) is 0 Å². The molecule has 0 atom stereocenters. The fourth-order valence-electron chi connectivity index (χ4n) is 1.60. The summed E-state index contributed by atoms with van der Waals surface area (Å²) in [4.78, 5) is 15.9. The number of rotatable bonds is 3. The number of nitrogen functional groups attached to an aromatic ring is 1. The zero-order valence-electron chi connectivity index (χ0n) is 10.3. The van der Waals surface area contributed by atoms with E-state index in [2.05, 4.69) is 16.2 Å². The van der Waals surface area contributed by atoms with Crippen LogP contribution in [0.4, 0.5) is 11.4 Å². The smallest absolute Gasteiger partial charge is 0.230 e. The summed E-state index contributed by atoms with van der Waals surface area (Å²) in [5, 5.41) is 2.77. The molecule has 0 aliphatic heterocycles. The second-order valence-corrected chi connectivity index (χ2v) is 4.03. The monoisotopic (exact) mass is 251 g/mol. The van der Waals surface area contributed by atoms with Gasteiger partial charge in [0.15, 0.2) is 0 Å². The topological polar surface area (TPSA) is 68.0 Å². The Morgan fingerprint density at radius 2 is 2.21 bits per heavy atom. The van der Waals surface area contributed by atoms with Gasteiger partial charge in [-0.05, 0) is 30.3 Å². The Hall–Kier alpha value is -2.80. The van der Waals surface area contributed by atoms with Crippen molar-refractivity contribution >= 4 is 17.3 Å². The van der Waals surface area contributed by atoms with Crippen molar-refractivity contribution in [3.63, 3.8) is 0 Å². The Labute approximate surface area is 111 Å². The van der Waals surface area contributed by atoms with E-state index in [9.17, 15) is 4.79 Å². The summed E-state index contributed by atoms with van der Waals surface area (Å²) >= 11 is 0. The minimum atomic E-state index is -0.147. The van der Waals surface area contributed by atoms with Crippen LogP contribution in [0.5, 0.6) is 0 Å². The van der Waals surface area contributed by atoms with E-state index in [4.69, 9.17) is 12.2 Å². The number of nitrogens with two attached hydrogens (primary N) is 1. The SMILES string of the molecule is C#Cc1cccc(NC(=O)Cc2ccc(N)cn2)c1. The average molecular weight is 251 g/mol. The van der Waals surface area contributed by atoms with Crippen LogP contribution in [0.15, 0.2) is 42.6 Å². The zero-order chi connectivity index (χ0) is 13.7. The molecule has 1 amide bonds. The number of anilines is 2. The maximum Gasteiger partial charge on any atom is 0.230 e. The molecule has 0 radical (unpaired) electrons. The maximum atomic E-state index is 11.8. The molecule has 0 aliphatic carbocycles. The van der Waals surface area contributed by atoms with Crippen LogP contribution in [0.2, 0.25) is 0 Å². The molecule has 3 N–H and O–H groups in total. The third-order valence-electron chi connectivity index (χ3n) is 2.50. The van der Waals surface area contributed by atoms with Crippen LogP contribution < -0.4 is 11.1 Å². The normalized spacial score (nSPS) is 9.63. The van der Waals surface area contributed by atoms with Gasteiger partial charge in [0.25, 0.3) is 0 Å². The molecule has 0 fully saturated rings. The minimum Gasteiger partial charge on any atom is -0.397 e. The van der Waals surface area contributed by atoms with E-state index in [0.29, 0.717) is 17.1 Å². The molecule has 0 saturated carbocycles. The van der Waals surface area contributed by atoms with Crippen molar-refractivity contribution < 1.29 is 4.79 Å². The highest BCUT2D eigenvalue weighted by Crippen LogP contribution is 2.10. The van der Waals surface area contributed by atoms with Gasteiger partial charge in [0.05, 0.1) is 18.3 Å². The number of carbonyl (C=O) groups excluding carboxylic acids is 1. The van der Waals surface area contributed by atoms with Gasteiger partial charge in [0.2, 0.25) is 5.91 Å². The first kappa shape index (κ1) is 12.7. The maximum absolute atomic E-state index is 11.8. The molecule has 4 heteroatoms. The van der Waals surface area contributed by atoms with Crippen LogP contribution in [0.25, 0.3) is 0 Å². The second kappa shape index (κ2) is 5.69. The van der Waals surface area contributed by atoms with Crippen molar-refractivity contribution in [1.29, 1.82) is 0 Å². The Balaban J connectivity index is 2.01. The number of pyridine rings is 1. The molecule has 0 saturated heterocycles. The average Bonchev–Trinajstić information content (AvgIpc) is 2.41. The Morgan fingerprint density at radius 3 is 2.89 bits per heavy atom. The molecule has 1 aromatic heterocycles. The van der Waals surface area contributed by atoms with E-state index in [1.54, 1.807) is 36.4 Å². The first-order valence-corrected chi connectivity index (χ1v) is 5.74. The molecule has 1 heterocycles. The van der Waals surface area contributed by atoms with E-state index in [1.807, 2.05) is 0 Å². The lowest BCUT2D eigenvalue weighted by atomic mass is 10.2. The highest BCUT2D eigenvalue weighted by atomic mass is 16.1. The van der Waals surface area contributed by atoms with Crippen molar-refractivity contribution in [3.8, 4) is 12.3 Å². The standard InChI is InChI=1S/C15H13N3O/c1-2-11-4-3-5-14(8-11)18-15(19)9-13-7-6-12(16)10-17-13/h1,3-8,10H,9,16H2,(H,18,19). The van der Waals surface area contributed by atoms with Crippen LogP contribution in [0, 0.1) is 12.3 Å². The Bertz CT molecular complexity index is 627. The van der Waals surface area contributed by atoms with E-state index < -0.39 is 0 Å². The van der Waals surface area contributed by atoms with E-state index in [-0.39, 0.29) is 12.3 Å². The minimum absolute atomic E-state index is 0.147. The number of hydrogen-bond donors (Lipinski definition) is 2. The highest BCUT2D eigenvalue weighted by molar-refractivity contribution is 5.92. The highest BCUT2D eigenvalue weighted by Gasteiger charge is 2.05. The summed E-state index contributed by atoms with van der Waals surface area (Å²) in [6.07, 6.45) is 7.03.